The van der Waals surface area contributed by atoms with Gasteiger partial charge in [0.2, 0.25) is 0 Å². The maximum atomic E-state index is 15.1. The van der Waals surface area contributed by atoms with Crippen molar-refractivity contribution in [1.29, 1.82) is 0 Å². The summed E-state index contributed by atoms with van der Waals surface area (Å²) in [6.45, 7) is 11.3. The Hall–Kier alpha value is -1.17. The molecule has 1 fully saturated rings. The number of ether oxygens (including phenoxy) is 1. The van der Waals surface area contributed by atoms with E-state index < -0.39 is 18.3 Å². The van der Waals surface area contributed by atoms with Crippen LogP contribution in [0.5, 0.6) is 0 Å². The predicted octanol–water partition coefficient (Wildman–Crippen LogP) is 6.81. The minimum Gasteiger partial charge on any atom is -0.399 e. The van der Waals surface area contributed by atoms with E-state index in [4.69, 9.17) is 14.0 Å². The third-order valence-corrected chi connectivity index (χ3v) is 5.98. The summed E-state index contributed by atoms with van der Waals surface area (Å²) in [6.07, 6.45) is 6.10. The molecule has 29 heavy (non-hydrogen) atoms. The maximum Gasteiger partial charge on any atom is 0.493 e. The van der Waals surface area contributed by atoms with Crippen LogP contribution in [0.25, 0.3) is 0 Å². The fraction of sp³-hybridized carbons (Fsp3) is 0.667. The van der Waals surface area contributed by atoms with Crippen molar-refractivity contribution in [1.82, 2.24) is 0 Å². The zero-order valence-electron chi connectivity index (χ0n) is 18.9. The molecule has 0 unspecified atom stereocenters. The third kappa shape index (κ3) is 7.23. The van der Waals surface area contributed by atoms with Gasteiger partial charge in [-0.05, 0) is 51.6 Å². The van der Waals surface area contributed by atoms with E-state index in [9.17, 15) is 0 Å². The number of unbranched alkanes of at least 4 members (excludes halogenated alkanes) is 3. The first-order valence-electron chi connectivity index (χ1n) is 11.1. The summed E-state index contributed by atoms with van der Waals surface area (Å²) in [5, 5.41) is 0. The lowest BCUT2D eigenvalue weighted by molar-refractivity contribution is 0.00578. The van der Waals surface area contributed by atoms with Gasteiger partial charge >= 0.3 is 7.12 Å². The zero-order chi connectivity index (χ0) is 21.3. The molecule has 1 heterocycles. The van der Waals surface area contributed by atoms with Crippen LogP contribution in [-0.2, 0) is 20.7 Å². The summed E-state index contributed by atoms with van der Waals surface area (Å²) in [5.74, 6) is -0.0942. The van der Waals surface area contributed by atoms with E-state index in [1.54, 1.807) is 0 Å². The van der Waals surface area contributed by atoms with Gasteiger partial charge in [-0.3, -0.25) is 0 Å². The second-order valence-electron chi connectivity index (χ2n) is 8.97. The Labute approximate surface area is 177 Å². The van der Waals surface area contributed by atoms with Crippen molar-refractivity contribution >= 4 is 7.12 Å². The number of hydrogen-bond donors (Lipinski definition) is 0. The Morgan fingerprint density at radius 2 is 1.59 bits per heavy atom. The molecule has 0 aromatic heterocycles. The number of hydrogen-bond acceptors (Lipinski definition) is 3. The molecule has 1 aromatic carbocycles. The van der Waals surface area contributed by atoms with Crippen molar-refractivity contribution in [3.8, 4) is 0 Å². The lowest BCUT2D eigenvalue weighted by atomic mass is 9.74. The minimum atomic E-state index is -0.591. The van der Waals surface area contributed by atoms with Crippen LogP contribution in [0.3, 0.4) is 0 Å². The first-order chi connectivity index (χ1) is 13.8. The molecule has 0 N–H and O–H groups in total. The normalized spacial score (nSPS) is 18.8. The van der Waals surface area contributed by atoms with Gasteiger partial charge < -0.3 is 14.0 Å². The van der Waals surface area contributed by atoms with Crippen LogP contribution in [-0.4, -0.2) is 24.9 Å². The Morgan fingerprint density at radius 3 is 2.21 bits per heavy atom. The zero-order valence-corrected chi connectivity index (χ0v) is 18.9. The van der Waals surface area contributed by atoms with Gasteiger partial charge in [-0.2, -0.15) is 0 Å². The molecule has 0 atom stereocenters. The van der Waals surface area contributed by atoms with E-state index in [0.29, 0.717) is 37.9 Å². The molecule has 162 valence electrons. The maximum absolute atomic E-state index is 15.1. The lowest BCUT2D eigenvalue weighted by Gasteiger charge is -2.32. The molecular weight excluding hydrogens is 366 g/mol. The standard InChI is InChI=1S/C24H38BFO3/c1-6-7-8-12-16-21(25-28-23(2,3)24(4,5)29-25)22(26)17-13-18-27-19-20-14-10-9-11-15-20/h9-11,14-15H,6-8,12-13,16-19H2,1-5H3/b22-21-. The van der Waals surface area contributed by atoms with Crippen LogP contribution in [0.2, 0.25) is 0 Å². The number of rotatable bonds is 12. The third-order valence-electron chi connectivity index (χ3n) is 5.98. The highest BCUT2D eigenvalue weighted by atomic mass is 19.1. The van der Waals surface area contributed by atoms with Crippen molar-refractivity contribution in [2.75, 3.05) is 6.61 Å². The first kappa shape index (κ1) is 24.1. The van der Waals surface area contributed by atoms with Crippen molar-refractivity contribution < 1.29 is 18.4 Å². The molecule has 1 aliphatic rings. The highest BCUT2D eigenvalue weighted by Gasteiger charge is 2.52. The Morgan fingerprint density at radius 1 is 0.931 bits per heavy atom. The molecule has 0 bridgehead atoms. The molecule has 0 radical (unpaired) electrons. The molecule has 1 aliphatic heterocycles. The second kappa shape index (κ2) is 11.3. The highest BCUT2D eigenvalue weighted by molar-refractivity contribution is 6.54. The SMILES string of the molecule is CCCCCC/C(B1OC(C)(C)C(C)(C)O1)=C(/F)CCCOCc1ccccc1. The molecule has 2 rings (SSSR count). The monoisotopic (exact) mass is 404 g/mol. The van der Waals surface area contributed by atoms with Gasteiger partial charge in [-0.25, -0.2) is 4.39 Å². The largest absolute Gasteiger partial charge is 0.493 e. The molecule has 1 saturated heterocycles. The van der Waals surface area contributed by atoms with Crippen LogP contribution < -0.4 is 0 Å². The van der Waals surface area contributed by atoms with Gasteiger partial charge in [0.1, 0.15) is 0 Å². The van der Waals surface area contributed by atoms with Gasteiger partial charge in [-0.15, -0.1) is 0 Å². The quantitative estimate of drug-likeness (QED) is 0.283. The van der Waals surface area contributed by atoms with Gasteiger partial charge in [0, 0.05) is 13.0 Å². The van der Waals surface area contributed by atoms with Crippen molar-refractivity contribution in [3.05, 3.63) is 47.2 Å². The molecule has 0 aliphatic carbocycles. The van der Waals surface area contributed by atoms with Crippen LogP contribution in [0.15, 0.2) is 41.6 Å². The van der Waals surface area contributed by atoms with E-state index in [0.717, 1.165) is 24.8 Å². The molecule has 5 heteroatoms. The summed E-state index contributed by atoms with van der Waals surface area (Å²) in [6, 6.07) is 10.1. The summed E-state index contributed by atoms with van der Waals surface area (Å²) in [4.78, 5) is 0. The Kier molecular flexibility index (Phi) is 9.38. The average Bonchev–Trinajstić information content (AvgIpc) is 2.89. The minimum absolute atomic E-state index is 0.0942. The van der Waals surface area contributed by atoms with Crippen molar-refractivity contribution in [2.45, 2.75) is 97.4 Å². The fourth-order valence-corrected chi connectivity index (χ4v) is 3.36. The van der Waals surface area contributed by atoms with Crippen molar-refractivity contribution in [2.24, 2.45) is 0 Å². The van der Waals surface area contributed by atoms with Crippen molar-refractivity contribution in [3.63, 3.8) is 0 Å². The summed E-state index contributed by atoms with van der Waals surface area (Å²) in [7, 11) is -0.591. The van der Waals surface area contributed by atoms with E-state index in [1.165, 1.54) is 6.42 Å². The summed E-state index contributed by atoms with van der Waals surface area (Å²) < 4.78 is 33.1. The van der Waals surface area contributed by atoms with E-state index in [1.807, 2.05) is 58.0 Å². The average molecular weight is 404 g/mol. The van der Waals surface area contributed by atoms with E-state index in [-0.39, 0.29) is 5.83 Å². The highest BCUT2D eigenvalue weighted by Crippen LogP contribution is 2.40. The summed E-state index contributed by atoms with van der Waals surface area (Å²) >= 11 is 0. The van der Waals surface area contributed by atoms with E-state index >= 15 is 4.39 Å². The molecular formula is C24H38BFO3. The Bertz CT molecular complexity index is 627. The van der Waals surface area contributed by atoms with E-state index in [2.05, 4.69) is 6.92 Å². The number of halogens is 1. The molecule has 1 aromatic rings. The molecule has 0 saturated carbocycles. The Balaban J connectivity index is 1.91. The summed E-state index contributed by atoms with van der Waals surface area (Å²) in [5.41, 5.74) is 0.914. The van der Waals surface area contributed by atoms with Gasteiger partial charge in [0.15, 0.2) is 0 Å². The van der Waals surface area contributed by atoms with Gasteiger partial charge in [-0.1, -0.05) is 62.9 Å². The van der Waals surface area contributed by atoms with Crippen LogP contribution >= 0.6 is 0 Å². The molecule has 3 nitrogen and oxygen atoms in total. The lowest BCUT2D eigenvalue weighted by Crippen LogP contribution is -2.41. The molecule has 0 amide bonds. The predicted molar refractivity (Wildman–Crippen MR) is 118 cm³/mol. The fourth-order valence-electron chi connectivity index (χ4n) is 3.36. The van der Waals surface area contributed by atoms with Gasteiger partial charge in [0.25, 0.3) is 0 Å². The number of allylic oxidation sites excluding steroid dienone is 2. The topological polar surface area (TPSA) is 27.7 Å². The molecule has 0 spiro atoms. The van der Waals surface area contributed by atoms with Crippen LogP contribution in [0, 0.1) is 0 Å². The smallest absolute Gasteiger partial charge is 0.399 e. The van der Waals surface area contributed by atoms with Crippen LogP contribution in [0.4, 0.5) is 4.39 Å². The van der Waals surface area contributed by atoms with Gasteiger partial charge in [0.05, 0.1) is 23.6 Å². The second-order valence-corrected chi connectivity index (χ2v) is 8.97. The first-order valence-corrected chi connectivity index (χ1v) is 11.1. The van der Waals surface area contributed by atoms with Crippen LogP contribution in [0.1, 0.15) is 85.1 Å². The number of benzene rings is 1.